The molecular weight excluding hydrogens is 1070 g/mol. The summed E-state index contributed by atoms with van der Waals surface area (Å²) in [5.41, 5.74) is 7.38. The highest BCUT2D eigenvalue weighted by atomic mass is 35.5. The van der Waals surface area contributed by atoms with Gasteiger partial charge in [0.25, 0.3) is 0 Å². The molecule has 0 bridgehead atoms. The van der Waals surface area contributed by atoms with Gasteiger partial charge in [0, 0.05) is 60.3 Å². The Kier molecular flexibility index (Phi) is 28.5. The highest BCUT2D eigenvalue weighted by molar-refractivity contribution is 6.30. The lowest BCUT2D eigenvalue weighted by Crippen LogP contribution is -2.45. The number of unbranched alkanes of at least 4 members (excludes halogenated alkanes) is 3. The number of benzene rings is 3. The lowest BCUT2D eigenvalue weighted by molar-refractivity contribution is -0.688. The fourth-order valence-electron chi connectivity index (χ4n) is 7.40. The van der Waals surface area contributed by atoms with Gasteiger partial charge in [-0.25, -0.2) is 22.5 Å². The summed E-state index contributed by atoms with van der Waals surface area (Å²) in [4.78, 5) is 68.0. The monoisotopic (exact) mass is 1130 g/mol. The number of hydrogen-bond donors (Lipinski definition) is 6. The van der Waals surface area contributed by atoms with Crippen molar-refractivity contribution in [3.8, 4) is 17.7 Å². The van der Waals surface area contributed by atoms with Crippen LogP contribution >= 0.6 is 11.6 Å². The molecule has 0 saturated heterocycles. The maximum atomic E-state index is 13.7. The topological polar surface area (TPSA) is 258 Å². The van der Waals surface area contributed by atoms with Gasteiger partial charge in [-0.3, -0.25) is 29.5 Å². The number of primary amides is 1. The van der Waals surface area contributed by atoms with Crippen molar-refractivity contribution in [2.75, 3.05) is 70.0 Å². The molecule has 3 aromatic carbocycles. The van der Waals surface area contributed by atoms with E-state index in [1.54, 1.807) is 38.1 Å². The number of amides is 4. The first-order valence-corrected chi connectivity index (χ1v) is 25.9. The molecule has 0 radical (unpaired) electrons. The predicted octanol–water partition coefficient (Wildman–Crippen LogP) is 7.39. The molecule has 1 aromatic heterocycles. The van der Waals surface area contributed by atoms with Crippen molar-refractivity contribution in [1.29, 1.82) is 5.26 Å². The Hall–Kier alpha value is -7.46. The van der Waals surface area contributed by atoms with Crippen LogP contribution in [-0.2, 0) is 39.9 Å². The number of Topliss-reactive ketones (excluding diaryl/α,β-unsaturated/α-hetero) is 1. The largest absolute Gasteiger partial charge is 0.494 e. The lowest BCUT2D eigenvalue weighted by Gasteiger charge is -2.24. The van der Waals surface area contributed by atoms with E-state index in [0.29, 0.717) is 42.8 Å². The number of carbonyl (C=O) groups is 5. The van der Waals surface area contributed by atoms with Gasteiger partial charge in [-0.2, -0.15) is 14.0 Å². The fourth-order valence-corrected chi connectivity index (χ4v) is 7.52. The Morgan fingerprint density at radius 3 is 1.94 bits per heavy atom. The quantitative estimate of drug-likeness (QED) is 0.00225. The Morgan fingerprint density at radius 1 is 0.722 bits per heavy atom. The summed E-state index contributed by atoms with van der Waals surface area (Å²) in [7, 11) is 0. The summed E-state index contributed by atoms with van der Waals surface area (Å²) in [5, 5.41) is 23.8. The minimum absolute atomic E-state index is 0.0133. The first-order valence-electron chi connectivity index (χ1n) is 25.5. The molecule has 0 saturated carbocycles. The summed E-state index contributed by atoms with van der Waals surface area (Å²) >= 11 is 5.92. The molecule has 4 rings (SSSR count). The Labute approximate surface area is 459 Å². The molecule has 4 amide bonds. The number of ketones is 1. The zero-order valence-corrected chi connectivity index (χ0v) is 44.6. The van der Waals surface area contributed by atoms with Crippen LogP contribution < -0.4 is 46.4 Å². The number of rotatable bonds is 35. The third-order valence-corrected chi connectivity index (χ3v) is 11.8. The number of carbonyl (C=O) groups excluding carboxylic acids is 5. The highest BCUT2D eigenvalue weighted by Crippen LogP contribution is 2.29. The van der Waals surface area contributed by atoms with Crippen LogP contribution in [0.4, 0.5) is 38.1 Å². The van der Waals surface area contributed by atoms with E-state index in [0.717, 1.165) is 42.7 Å². The molecule has 7 N–H and O–H groups in total. The summed E-state index contributed by atoms with van der Waals surface area (Å²) in [6.07, 6.45) is 9.07. The fraction of sp³-hybridized carbons (Fsp3) is 0.444. The van der Waals surface area contributed by atoms with Crippen LogP contribution in [0.1, 0.15) is 77.2 Å². The maximum Gasteiger partial charge on any atom is 0.313 e. The van der Waals surface area contributed by atoms with E-state index in [9.17, 15) is 51.2 Å². The van der Waals surface area contributed by atoms with Gasteiger partial charge in [-0.15, -0.1) is 0 Å². The van der Waals surface area contributed by atoms with Crippen LogP contribution in [0.3, 0.4) is 0 Å². The number of nitrogens with two attached hydrogens (primary N) is 1. The molecule has 0 aliphatic rings. The number of hydrogen-bond acceptors (Lipinski definition) is 12. The standard InChI is InChI=1S/C54H65ClF5N9O10/c1-35(2)50(68-43(71)19-26-75-28-30-77-31-29-76-27-20-44(72)79-51-48(59)46(57)45(56)47(58)49(51)60)42(70)32-37(8-7-22-63-53(62)74)52(73)66-39-13-9-36(10-14-39)33-69-23-17-40(18-24-69)67-54(65-34-61)64-21-5-3-4-6-25-78-41-15-11-38(55)12-16-41/h9-18,23-24,35,37,50H,3-8,19-22,25-33H2,1-2H3,(H6,62,63,64,65,66,68,71,73,74)/p+1/t37-,50+/m1/s1. The van der Waals surface area contributed by atoms with Crippen molar-refractivity contribution in [2.45, 2.75) is 84.2 Å². The number of esters is 1. The maximum absolute atomic E-state index is 13.7. The molecule has 0 aliphatic heterocycles. The molecule has 1 heterocycles. The summed E-state index contributed by atoms with van der Waals surface area (Å²) in [5.74, 6) is -15.7. The van der Waals surface area contributed by atoms with Crippen LogP contribution in [0.2, 0.25) is 5.02 Å². The van der Waals surface area contributed by atoms with Crippen molar-refractivity contribution in [2.24, 2.45) is 22.6 Å². The molecule has 25 heteroatoms. The molecule has 4 aromatic rings. The third kappa shape index (κ3) is 24.0. The van der Waals surface area contributed by atoms with Crippen molar-refractivity contribution in [3.63, 3.8) is 0 Å². The molecule has 79 heavy (non-hydrogen) atoms. The van der Waals surface area contributed by atoms with Crippen molar-refractivity contribution >= 4 is 58.5 Å². The zero-order chi connectivity index (χ0) is 57.5. The number of pyridine rings is 1. The van der Waals surface area contributed by atoms with E-state index in [1.807, 2.05) is 59.6 Å². The second-order valence-corrected chi connectivity index (χ2v) is 18.5. The van der Waals surface area contributed by atoms with E-state index >= 15 is 0 Å². The number of aliphatic imine (C=N–C) groups is 1. The van der Waals surface area contributed by atoms with Crippen molar-refractivity contribution < 1.29 is 74.2 Å². The predicted molar refractivity (Wildman–Crippen MR) is 281 cm³/mol. The van der Waals surface area contributed by atoms with E-state index in [1.165, 1.54) is 0 Å². The second-order valence-electron chi connectivity index (χ2n) is 18.1. The number of nitrogens with zero attached hydrogens (tertiary/aromatic N) is 3. The van der Waals surface area contributed by atoms with Crippen LogP contribution in [0, 0.1) is 52.4 Å². The van der Waals surface area contributed by atoms with Crippen LogP contribution in [0.15, 0.2) is 78.0 Å². The molecule has 0 unspecified atom stereocenters. The van der Waals surface area contributed by atoms with Gasteiger partial charge in [0.1, 0.15) is 5.75 Å². The number of ether oxygens (including phenoxy) is 5. The first-order chi connectivity index (χ1) is 37.9. The van der Waals surface area contributed by atoms with E-state index in [4.69, 9.17) is 36.3 Å². The Balaban J connectivity index is 1.15. The van der Waals surface area contributed by atoms with Crippen molar-refractivity contribution in [1.82, 2.24) is 16.0 Å². The number of aromatic nitrogens is 1. The molecule has 428 valence electrons. The van der Waals surface area contributed by atoms with Gasteiger partial charge < -0.3 is 50.7 Å². The van der Waals surface area contributed by atoms with Gasteiger partial charge in [0.05, 0.1) is 64.4 Å². The van der Waals surface area contributed by atoms with Gasteiger partial charge in [0.2, 0.25) is 52.6 Å². The average Bonchev–Trinajstić information content (AvgIpc) is 3.46. The molecule has 19 nitrogen and oxygen atoms in total. The van der Waals surface area contributed by atoms with E-state index in [2.05, 4.69) is 36.3 Å². The van der Waals surface area contributed by atoms with Crippen LogP contribution in [0.25, 0.3) is 0 Å². The second kappa shape index (κ2) is 35.1. The molecule has 0 aliphatic carbocycles. The lowest BCUT2D eigenvalue weighted by atomic mass is 9.89. The normalized spacial score (nSPS) is 12.0. The van der Waals surface area contributed by atoms with Crippen LogP contribution in [0.5, 0.6) is 11.5 Å². The van der Waals surface area contributed by atoms with Crippen molar-refractivity contribution in [3.05, 3.63) is 113 Å². The minimum atomic E-state index is -2.39. The summed E-state index contributed by atoms with van der Waals surface area (Å²) in [6.45, 7) is 5.20. The van der Waals surface area contributed by atoms with Crippen LogP contribution in [-0.4, -0.2) is 101 Å². The number of urea groups is 1. The highest BCUT2D eigenvalue weighted by Gasteiger charge is 2.30. The number of nitrogens with one attached hydrogen (secondary N) is 5. The number of halogens is 6. The third-order valence-electron chi connectivity index (χ3n) is 11.5. The SMILES string of the molecule is CC(C)[C@H](NC(=O)CCOCCOCCOCCC(=O)Oc1c(F)c(F)c(F)c(F)c1F)C(=O)C[C@@H](CCCNC(N)=O)C(=O)Nc1ccc(C[n+]2ccc(NC(=NCCCCCCOc3ccc(Cl)cc3)NC#N)cc2)cc1. The van der Waals surface area contributed by atoms with Gasteiger partial charge in [0.15, 0.2) is 30.9 Å². The summed E-state index contributed by atoms with van der Waals surface area (Å²) in [6, 6.07) is 16.5. The summed E-state index contributed by atoms with van der Waals surface area (Å²) < 4.78 is 95.2. The smallest absolute Gasteiger partial charge is 0.313 e. The number of nitriles is 1. The van der Waals surface area contributed by atoms with E-state index < -0.39 is 77.0 Å². The Morgan fingerprint density at radius 2 is 1.32 bits per heavy atom. The van der Waals surface area contributed by atoms with E-state index in [-0.39, 0.29) is 77.1 Å². The molecular formula is C54H66ClF5N9O10+. The molecule has 2 atom stereocenters. The average molecular weight is 1130 g/mol. The Bertz CT molecular complexity index is 2640. The van der Waals surface area contributed by atoms with Gasteiger partial charge >= 0.3 is 12.0 Å². The molecule has 0 spiro atoms. The zero-order valence-electron chi connectivity index (χ0n) is 43.9. The van der Waals surface area contributed by atoms with Gasteiger partial charge in [-0.05, 0) is 74.4 Å². The number of guanidine groups is 1. The molecule has 0 fully saturated rings. The van der Waals surface area contributed by atoms with Gasteiger partial charge in [-0.1, -0.05) is 44.0 Å². The number of anilines is 2. The first kappa shape index (κ1) is 64.1. The minimum Gasteiger partial charge on any atom is -0.494 e.